The first kappa shape index (κ1) is 35.6. The Morgan fingerprint density at radius 2 is 0.698 bits per heavy atom. The minimum atomic E-state index is -2.89. The van der Waals surface area contributed by atoms with E-state index in [1.165, 1.54) is 53.6 Å². The number of hydrogen-bond acceptors (Lipinski definition) is 1. The van der Waals surface area contributed by atoms with Crippen molar-refractivity contribution in [1.82, 2.24) is 23.1 Å². The maximum absolute atomic E-state index is 5.18. The van der Waals surface area contributed by atoms with Gasteiger partial charge in [0.2, 0.25) is 5.78 Å². The number of aromatic nitrogens is 5. The van der Waals surface area contributed by atoms with Crippen molar-refractivity contribution in [3.8, 4) is 17.1 Å². The van der Waals surface area contributed by atoms with Crippen LogP contribution in [0.5, 0.6) is 0 Å². The van der Waals surface area contributed by atoms with E-state index in [-0.39, 0.29) is 0 Å². The van der Waals surface area contributed by atoms with E-state index in [4.69, 9.17) is 4.98 Å². The van der Waals surface area contributed by atoms with Crippen molar-refractivity contribution in [2.24, 2.45) is 0 Å². The van der Waals surface area contributed by atoms with Gasteiger partial charge in [-0.3, -0.25) is 18.1 Å². The molecule has 0 saturated carbocycles. The monoisotopic (exact) mass is 821 g/mol. The van der Waals surface area contributed by atoms with E-state index < -0.39 is 8.07 Å². The first-order chi connectivity index (χ1) is 31.3. The molecule has 0 bridgehead atoms. The van der Waals surface area contributed by atoms with E-state index in [0.717, 1.165) is 44.9 Å². The largest absolute Gasteiger partial charge is 0.295 e. The Kier molecular flexibility index (Phi) is 7.86. The maximum atomic E-state index is 5.18. The molecule has 0 atom stereocenters. The van der Waals surface area contributed by atoms with Gasteiger partial charge >= 0.3 is 0 Å². The second kappa shape index (κ2) is 13.9. The zero-order chi connectivity index (χ0) is 41.5. The molecule has 0 aliphatic carbocycles. The Hall–Kier alpha value is -8.19. The first-order valence-electron chi connectivity index (χ1n) is 21.6. The predicted octanol–water partition coefficient (Wildman–Crippen LogP) is 10.8. The molecule has 0 amide bonds. The molecule has 63 heavy (non-hydrogen) atoms. The van der Waals surface area contributed by atoms with E-state index >= 15 is 0 Å². The summed E-state index contributed by atoms with van der Waals surface area (Å²) >= 11 is 0. The third kappa shape index (κ3) is 5.13. The van der Waals surface area contributed by atoms with E-state index in [1.54, 1.807) is 0 Å². The lowest BCUT2D eigenvalue weighted by atomic mass is 10.1. The van der Waals surface area contributed by atoms with Crippen molar-refractivity contribution >= 4 is 89.5 Å². The Labute approximate surface area is 364 Å². The molecule has 6 heteroatoms. The average molecular weight is 822 g/mol. The molecule has 0 unspecified atom stereocenters. The second-order valence-electron chi connectivity index (χ2n) is 16.4. The Balaban J connectivity index is 1.03. The molecule has 0 radical (unpaired) electrons. The van der Waals surface area contributed by atoms with Crippen molar-refractivity contribution in [1.29, 1.82) is 0 Å². The summed E-state index contributed by atoms with van der Waals surface area (Å²) in [5.41, 5.74) is 11.3. The van der Waals surface area contributed by atoms with Crippen molar-refractivity contribution in [2.45, 2.75) is 0 Å². The highest BCUT2D eigenvalue weighted by Crippen LogP contribution is 2.40. The summed E-state index contributed by atoms with van der Waals surface area (Å²) in [4.78, 5) is 5.18. The lowest BCUT2D eigenvalue weighted by Crippen LogP contribution is -2.74. The predicted molar refractivity (Wildman–Crippen MR) is 264 cm³/mol. The molecule has 13 aromatic rings. The topological polar surface area (TPSA) is 32.1 Å². The van der Waals surface area contributed by atoms with Gasteiger partial charge in [0.25, 0.3) is 0 Å². The smallest absolute Gasteiger partial charge is 0.220 e. The number of benzene rings is 9. The van der Waals surface area contributed by atoms with E-state index in [9.17, 15) is 0 Å². The molecule has 0 fully saturated rings. The number of rotatable bonds is 7. The van der Waals surface area contributed by atoms with Crippen LogP contribution >= 0.6 is 0 Å². The zero-order valence-electron chi connectivity index (χ0n) is 34.3. The van der Waals surface area contributed by atoms with Crippen molar-refractivity contribution in [2.75, 3.05) is 0 Å². The summed E-state index contributed by atoms with van der Waals surface area (Å²) < 4.78 is 9.49. The standard InChI is InChI=1S/C57H39N5Si/c1-4-18-40(19-5-1)59-50-27-13-10-24-47(50)55-48-25-11-14-28-51(48)60(56(55)59)41-32-36-45(37-33-41)63(43-20-6-2-7-21-43,44-22-8-3-9-23-44)46-38-34-42(35-39-46)61-53-30-16-17-31-54(53)62-52-29-15-12-26-49(52)58-57(61)62/h1-39H. The van der Waals surface area contributed by atoms with Crippen LogP contribution in [0.4, 0.5) is 0 Å². The molecule has 4 heterocycles. The fourth-order valence-electron chi connectivity index (χ4n) is 10.5. The van der Waals surface area contributed by atoms with Gasteiger partial charge in [0.15, 0.2) is 8.07 Å². The molecule has 0 spiro atoms. The number of hydrogen-bond donors (Lipinski definition) is 0. The second-order valence-corrected chi connectivity index (χ2v) is 20.2. The highest BCUT2D eigenvalue weighted by atomic mass is 28.3. The molecule has 4 aromatic heterocycles. The molecule has 296 valence electrons. The highest BCUT2D eigenvalue weighted by molar-refractivity contribution is 7.19. The van der Waals surface area contributed by atoms with Crippen LogP contribution in [0.25, 0.3) is 77.7 Å². The molecule has 5 nitrogen and oxygen atoms in total. The fourth-order valence-corrected chi connectivity index (χ4v) is 15.2. The van der Waals surface area contributed by atoms with Crippen molar-refractivity contribution < 1.29 is 0 Å². The van der Waals surface area contributed by atoms with Gasteiger partial charge in [0, 0.05) is 33.2 Å². The van der Waals surface area contributed by atoms with Crippen molar-refractivity contribution in [3.05, 3.63) is 237 Å². The SMILES string of the molecule is c1ccc(-n2c3ccccc3c3c4ccccc4n(-c4ccc([Si](c5ccccc5)(c5ccccc5)c5ccc(-n6c7ccccc7n7c8ccccc8nc67)cc5)cc4)c32)cc1. The van der Waals surface area contributed by atoms with Crippen LogP contribution in [-0.2, 0) is 0 Å². The number of fused-ring (bicyclic) bond motifs is 10. The van der Waals surface area contributed by atoms with Crippen LogP contribution in [-0.4, -0.2) is 31.2 Å². The van der Waals surface area contributed by atoms with Gasteiger partial charge in [-0.1, -0.05) is 164 Å². The molecule has 0 N–H and O–H groups in total. The molecular formula is C57H39N5Si. The quantitative estimate of drug-likeness (QED) is 0.116. The minimum Gasteiger partial charge on any atom is -0.295 e. The zero-order valence-corrected chi connectivity index (χ0v) is 35.3. The van der Waals surface area contributed by atoms with Gasteiger partial charge in [-0.2, -0.15) is 0 Å². The summed E-state index contributed by atoms with van der Waals surface area (Å²) in [5.74, 6) is 0.910. The Bertz CT molecular complexity index is 3780. The van der Waals surface area contributed by atoms with Crippen molar-refractivity contribution in [3.63, 3.8) is 0 Å². The van der Waals surface area contributed by atoms with E-state index in [1.807, 2.05) is 0 Å². The van der Waals surface area contributed by atoms with Crippen LogP contribution < -0.4 is 20.7 Å². The van der Waals surface area contributed by atoms with E-state index in [2.05, 4.69) is 255 Å². The van der Waals surface area contributed by atoms with Gasteiger partial charge in [-0.15, -0.1) is 0 Å². The molecule has 9 aromatic carbocycles. The van der Waals surface area contributed by atoms with Crippen LogP contribution in [0, 0.1) is 0 Å². The maximum Gasteiger partial charge on any atom is 0.220 e. The summed E-state index contributed by atoms with van der Waals surface area (Å²) in [6, 6.07) is 86.7. The minimum absolute atomic E-state index is 0.910. The highest BCUT2D eigenvalue weighted by Gasteiger charge is 2.41. The van der Waals surface area contributed by atoms with Crippen LogP contribution in [0.15, 0.2) is 237 Å². The van der Waals surface area contributed by atoms with Gasteiger partial charge in [0.1, 0.15) is 5.65 Å². The molecule has 0 aliphatic rings. The third-order valence-electron chi connectivity index (χ3n) is 13.1. The summed E-state index contributed by atoms with van der Waals surface area (Å²) in [5, 5.41) is 9.07. The summed E-state index contributed by atoms with van der Waals surface area (Å²) in [6.07, 6.45) is 0. The third-order valence-corrected chi connectivity index (χ3v) is 17.9. The number of nitrogens with zero attached hydrogens (tertiary/aromatic N) is 5. The Morgan fingerprint density at radius 1 is 0.302 bits per heavy atom. The van der Waals surface area contributed by atoms with Gasteiger partial charge < -0.3 is 0 Å². The fraction of sp³-hybridized carbons (Fsp3) is 0. The molecule has 0 saturated heterocycles. The summed E-state index contributed by atoms with van der Waals surface area (Å²) in [7, 11) is -2.89. The average Bonchev–Trinajstić information content (AvgIpc) is 4.09. The molecular weight excluding hydrogens is 783 g/mol. The van der Waals surface area contributed by atoms with Crippen LogP contribution in [0.3, 0.4) is 0 Å². The van der Waals surface area contributed by atoms with Gasteiger partial charge in [-0.05, 0) is 93.5 Å². The molecule has 13 rings (SSSR count). The Morgan fingerprint density at radius 3 is 1.25 bits per heavy atom. The van der Waals surface area contributed by atoms with E-state index in [0.29, 0.717) is 0 Å². The number of para-hydroxylation sites is 7. The first-order valence-corrected chi connectivity index (χ1v) is 23.6. The molecule has 0 aliphatic heterocycles. The lowest BCUT2D eigenvalue weighted by Gasteiger charge is -2.34. The van der Waals surface area contributed by atoms with Crippen LogP contribution in [0.2, 0.25) is 0 Å². The van der Waals surface area contributed by atoms with Crippen LogP contribution in [0.1, 0.15) is 0 Å². The normalized spacial score (nSPS) is 12.1. The number of imidazole rings is 2. The van der Waals surface area contributed by atoms with Gasteiger partial charge in [0.05, 0.1) is 33.1 Å². The summed E-state index contributed by atoms with van der Waals surface area (Å²) in [6.45, 7) is 0. The lowest BCUT2D eigenvalue weighted by molar-refractivity contribution is 1.07. The van der Waals surface area contributed by atoms with Gasteiger partial charge in [-0.25, -0.2) is 4.98 Å².